The second-order valence-corrected chi connectivity index (χ2v) is 5.61. The standard InChI is InChI=1S/C13H27NO/c1-5-11(2)10-12(15)13(3,4)14-8-6-7-9-14/h11-12,15H,5-10H2,1-4H3. The van der Waals surface area contributed by atoms with Crippen molar-refractivity contribution in [3.05, 3.63) is 0 Å². The summed E-state index contributed by atoms with van der Waals surface area (Å²) in [5.41, 5.74) is -0.0417. The molecule has 0 bridgehead atoms. The average Bonchev–Trinajstić information content (AvgIpc) is 2.70. The summed E-state index contributed by atoms with van der Waals surface area (Å²) in [5.74, 6) is 0.627. The lowest BCUT2D eigenvalue weighted by atomic mass is 9.87. The molecule has 0 aromatic carbocycles. The number of hydrogen-bond acceptors (Lipinski definition) is 2. The fourth-order valence-corrected chi connectivity index (χ4v) is 2.34. The van der Waals surface area contributed by atoms with Crippen molar-refractivity contribution in [3.63, 3.8) is 0 Å². The van der Waals surface area contributed by atoms with Crippen molar-refractivity contribution in [1.82, 2.24) is 4.90 Å². The lowest BCUT2D eigenvalue weighted by Gasteiger charge is -2.40. The van der Waals surface area contributed by atoms with Crippen molar-refractivity contribution in [1.29, 1.82) is 0 Å². The van der Waals surface area contributed by atoms with Crippen LogP contribution in [0.5, 0.6) is 0 Å². The van der Waals surface area contributed by atoms with E-state index >= 15 is 0 Å². The number of aliphatic hydroxyl groups excluding tert-OH is 1. The molecular formula is C13H27NO. The van der Waals surface area contributed by atoms with Crippen molar-refractivity contribution >= 4 is 0 Å². The summed E-state index contributed by atoms with van der Waals surface area (Å²) in [4.78, 5) is 2.44. The molecule has 1 fully saturated rings. The Morgan fingerprint density at radius 2 is 1.80 bits per heavy atom. The lowest BCUT2D eigenvalue weighted by molar-refractivity contribution is -0.00997. The third-order valence-electron chi connectivity index (χ3n) is 4.06. The Kier molecular flexibility index (Phi) is 4.60. The van der Waals surface area contributed by atoms with E-state index < -0.39 is 0 Å². The first-order chi connectivity index (χ1) is 6.98. The second-order valence-electron chi connectivity index (χ2n) is 5.61. The first-order valence-corrected chi connectivity index (χ1v) is 6.41. The minimum Gasteiger partial charge on any atom is -0.391 e. The fraction of sp³-hybridized carbons (Fsp3) is 1.00. The summed E-state index contributed by atoms with van der Waals surface area (Å²) < 4.78 is 0. The SMILES string of the molecule is CCC(C)CC(O)C(C)(C)N1CCCC1. The van der Waals surface area contributed by atoms with Gasteiger partial charge in [0.15, 0.2) is 0 Å². The molecule has 0 amide bonds. The van der Waals surface area contributed by atoms with Crippen molar-refractivity contribution in [2.24, 2.45) is 5.92 Å². The van der Waals surface area contributed by atoms with Crippen LogP contribution in [-0.4, -0.2) is 34.7 Å². The van der Waals surface area contributed by atoms with Crippen LogP contribution >= 0.6 is 0 Å². The molecule has 2 heteroatoms. The predicted octanol–water partition coefficient (Wildman–Crippen LogP) is 2.66. The van der Waals surface area contributed by atoms with Gasteiger partial charge in [-0.15, -0.1) is 0 Å². The van der Waals surface area contributed by atoms with Crippen molar-refractivity contribution in [3.8, 4) is 0 Å². The van der Waals surface area contributed by atoms with Gasteiger partial charge in [-0.05, 0) is 52.1 Å². The van der Waals surface area contributed by atoms with E-state index in [4.69, 9.17) is 0 Å². The highest BCUT2D eigenvalue weighted by Crippen LogP contribution is 2.28. The molecule has 15 heavy (non-hydrogen) atoms. The quantitative estimate of drug-likeness (QED) is 0.759. The maximum absolute atomic E-state index is 10.3. The Bertz CT molecular complexity index is 185. The molecule has 90 valence electrons. The minimum absolute atomic E-state index is 0.0417. The van der Waals surface area contributed by atoms with Gasteiger partial charge in [0, 0.05) is 5.54 Å². The van der Waals surface area contributed by atoms with Crippen molar-refractivity contribution in [2.45, 2.75) is 65.0 Å². The summed E-state index contributed by atoms with van der Waals surface area (Å²) in [5, 5.41) is 10.3. The van der Waals surface area contributed by atoms with E-state index in [2.05, 4.69) is 32.6 Å². The number of hydrogen-bond donors (Lipinski definition) is 1. The maximum Gasteiger partial charge on any atom is 0.0721 e. The summed E-state index contributed by atoms with van der Waals surface area (Å²) >= 11 is 0. The third kappa shape index (κ3) is 3.18. The first kappa shape index (κ1) is 13.0. The highest BCUT2D eigenvalue weighted by molar-refractivity contribution is 4.91. The number of likely N-dealkylation sites (tertiary alicyclic amines) is 1. The Balaban J connectivity index is 2.51. The van der Waals surface area contributed by atoms with E-state index in [9.17, 15) is 5.11 Å². The summed E-state index contributed by atoms with van der Waals surface area (Å²) in [7, 11) is 0. The van der Waals surface area contributed by atoms with E-state index in [1.807, 2.05) is 0 Å². The molecule has 2 atom stereocenters. The average molecular weight is 213 g/mol. The van der Waals surface area contributed by atoms with E-state index in [0.29, 0.717) is 5.92 Å². The van der Waals surface area contributed by atoms with Crippen LogP contribution in [0.15, 0.2) is 0 Å². The predicted molar refractivity (Wildman–Crippen MR) is 65.0 cm³/mol. The molecule has 0 aromatic rings. The molecule has 0 saturated carbocycles. The van der Waals surface area contributed by atoms with Crippen LogP contribution in [0, 0.1) is 5.92 Å². The number of aliphatic hydroxyl groups is 1. The highest BCUT2D eigenvalue weighted by Gasteiger charge is 2.35. The summed E-state index contributed by atoms with van der Waals surface area (Å²) in [6.07, 6.45) is 4.48. The minimum atomic E-state index is -0.189. The van der Waals surface area contributed by atoms with Gasteiger partial charge in [-0.3, -0.25) is 4.90 Å². The number of rotatable bonds is 5. The van der Waals surface area contributed by atoms with Gasteiger partial charge in [0.05, 0.1) is 6.10 Å². The summed E-state index contributed by atoms with van der Waals surface area (Å²) in [6.45, 7) is 11.1. The molecule has 0 aliphatic carbocycles. The van der Waals surface area contributed by atoms with E-state index in [1.54, 1.807) is 0 Å². The van der Waals surface area contributed by atoms with Crippen LogP contribution in [0.1, 0.15) is 53.4 Å². The van der Waals surface area contributed by atoms with Crippen LogP contribution < -0.4 is 0 Å². The molecular weight excluding hydrogens is 186 g/mol. The molecule has 1 aliphatic heterocycles. The molecule has 1 N–H and O–H groups in total. The van der Waals surface area contributed by atoms with Crippen molar-refractivity contribution in [2.75, 3.05) is 13.1 Å². The van der Waals surface area contributed by atoms with E-state index in [0.717, 1.165) is 25.9 Å². The lowest BCUT2D eigenvalue weighted by Crippen LogP contribution is -2.51. The van der Waals surface area contributed by atoms with Gasteiger partial charge < -0.3 is 5.11 Å². The molecule has 0 aromatic heterocycles. The second kappa shape index (κ2) is 5.31. The van der Waals surface area contributed by atoms with Crippen LogP contribution in [-0.2, 0) is 0 Å². The Morgan fingerprint density at radius 3 is 2.27 bits per heavy atom. The highest BCUT2D eigenvalue weighted by atomic mass is 16.3. The van der Waals surface area contributed by atoms with Crippen LogP contribution in [0.25, 0.3) is 0 Å². The first-order valence-electron chi connectivity index (χ1n) is 6.41. The molecule has 1 rings (SSSR count). The molecule has 2 unspecified atom stereocenters. The largest absolute Gasteiger partial charge is 0.391 e. The van der Waals surface area contributed by atoms with Gasteiger partial charge in [-0.1, -0.05) is 20.3 Å². The Morgan fingerprint density at radius 1 is 1.27 bits per heavy atom. The smallest absolute Gasteiger partial charge is 0.0721 e. The van der Waals surface area contributed by atoms with Crippen LogP contribution in [0.3, 0.4) is 0 Å². The molecule has 1 heterocycles. The molecule has 1 saturated heterocycles. The number of nitrogens with zero attached hydrogens (tertiary/aromatic N) is 1. The maximum atomic E-state index is 10.3. The van der Waals surface area contributed by atoms with Gasteiger partial charge in [0.25, 0.3) is 0 Å². The topological polar surface area (TPSA) is 23.5 Å². The molecule has 0 radical (unpaired) electrons. The molecule has 0 spiro atoms. The van der Waals surface area contributed by atoms with Gasteiger partial charge in [0.2, 0.25) is 0 Å². The fourth-order valence-electron chi connectivity index (χ4n) is 2.34. The Hall–Kier alpha value is -0.0800. The monoisotopic (exact) mass is 213 g/mol. The third-order valence-corrected chi connectivity index (χ3v) is 4.06. The zero-order chi connectivity index (χ0) is 11.5. The Labute approximate surface area is 94.7 Å². The molecule has 2 nitrogen and oxygen atoms in total. The zero-order valence-corrected chi connectivity index (χ0v) is 10.8. The summed E-state index contributed by atoms with van der Waals surface area (Å²) in [6, 6.07) is 0. The zero-order valence-electron chi connectivity index (χ0n) is 10.8. The van der Waals surface area contributed by atoms with Crippen molar-refractivity contribution < 1.29 is 5.11 Å². The molecule has 1 aliphatic rings. The van der Waals surface area contributed by atoms with Crippen LogP contribution in [0.4, 0.5) is 0 Å². The van der Waals surface area contributed by atoms with Gasteiger partial charge in [-0.2, -0.15) is 0 Å². The van der Waals surface area contributed by atoms with Crippen LogP contribution in [0.2, 0.25) is 0 Å². The normalized spacial score (nSPS) is 23.0. The van der Waals surface area contributed by atoms with Gasteiger partial charge >= 0.3 is 0 Å². The van der Waals surface area contributed by atoms with E-state index in [1.165, 1.54) is 12.8 Å². The van der Waals surface area contributed by atoms with Gasteiger partial charge in [-0.25, -0.2) is 0 Å². The van der Waals surface area contributed by atoms with E-state index in [-0.39, 0.29) is 11.6 Å². The van der Waals surface area contributed by atoms with Gasteiger partial charge in [0.1, 0.15) is 0 Å².